The summed E-state index contributed by atoms with van der Waals surface area (Å²) in [5, 5.41) is 8.72. The number of thiazole rings is 1. The first-order valence-corrected chi connectivity index (χ1v) is 8.40. The van der Waals surface area contributed by atoms with Crippen LogP contribution >= 0.6 is 11.3 Å². The summed E-state index contributed by atoms with van der Waals surface area (Å²) in [6.07, 6.45) is 0. The van der Waals surface area contributed by atoms with E-state index in [0.29, 0.717) is 17.3 Å². The second-order valence-electron chi connectivity index (χ2n) is 5.44. The van der Waals surface area contributed by atoms with E-state index in [2.05, 4.69) is 15.5 Å². The summed E-state index contributed by atoms with van der Waals surface area (Å²) in [7, 11) is 1.55. The van der Waals surface area contributed by atoms with E-state index >= 15 is 0 Å². The lowest BCUT2D eigenvalue weighted by atomic mass is 10.2. The normalized spacial score (nSPS) is 10.5. The molecule has 2 amide bonds. The predicted octanol–water partition coefficient (Wildman–Crippen LogP) is 2.82. The summed E-state index contributed by atoms with van der Waals surface area (Å²) in [4.78, 5) is 30.1. The van der Waals surface area contributed by atoms with Crippen molar-refractivity contribution in [2.24, 2.45) is 0 Å². The Hall–Kier alpha value is -3.00. The number of hydrogen-bond donors (Lipinski definition) is 1. The number of anilines is 1. The molecule has 3 aromatic rings. The molecule has 2 heterocycles. The number of aryl methyl sites for hydroxylation is 1. The number of rotatable bonds is 5. The Kier molecular flexibility index (Phi) is 4.90. The van der Waals surface area contributed by atoms with Crippen LogP contribution in [0.1, 0.15) is 16.2 Å². The summed E-state index contributed by atoms with van der Waals surface area (Å²) in [6.45, 7) is 1.62. The van der Waals surface area contributed by atoms with Crippen LogP contribution in [0.4, 0.5) is 5.82 Å². The number of likely N-dealkylation sites (N-methyl/N-ethyl adjacent to an activating group) is 1. The third kappa shape index (κ3) is 4.10. The lowest BCUT2D eigenvalue weighted by molar-refractivity contribution is -0.116. The monoisotopic (exact) mass is 356 g/mol. The zero-order valence-electron chi connectivity index (χ0n) is 13.7. The van der Waals surface area contributed by atoms with E-state index < -0.39 is 0 Å². The molecule has 1 N–H and O–H groups in total. The van der Waals surface area contributed by atoms with Crippen molar-refractivity contribution in [1.82, 2.24) is 15.0 Å². The van der Waals surface area contributed by atoms with Crippen molar-refractivity contribution in [3.05, 3.63) is 53.2 Å². The van der Waals surface area contributed by atoms with Gasteiger partial charge in [-0.1, -0.05) is 35.5 Å². The summed E-state index contributed by atoms with van der Waals surface area (Å²) in [5.74, 6) is 0.242. The average molecular weight is 356 g/mol. The fraction of sp³-hybridized carbons (Fsp3) is 0.176. The zero-order valence-corrected chi connectivity index (χ0v) is 14.5. The van der Waals surface area contributed by atoms with Gasteiger partial charge in [-0.25, -0.2) is 4.98 Å². The lowest BCUT2D eigenvalue weighted by Crippen LogP contribution is -2.35. The van der Waals surface area contributed by atoms with Crippen LogP contribution in [0.2, 0.25) is 0 Å². The van der Waals surface area contributed by atoms with Gasteiger partial charge >= 0.3 is 0 Å². The fourth-order valence-electron chi connectivity index (χ4n) is 2.18. The van der Waals surface area contributed by atoms with Gasteiger partial charge < -0.3 is 14.7 Å². The highest BCUT2D eigenvalue weighted by atomic mass is 32.1. The topological polar surface area (TPSA) is 88.3 Å². The Balaban J connectivity index is 1.62. The molecular formula is C17H16N4O3S. The highest BCUT2D eigenvalue weighted by Crippen LogP contribution is 2.23. The van der Waals surface area contributed by atoms with Crippen LogP contribution in [0.15, 0.2) is 46.3 Å². The van der Waals surface area contributed by atoms with Crippen molar-refractivity contribution in [2.75, 3.05) is 18.9 Å². The zero-order chi connectivity index (χ0) is 17.8. The summed E-state index contributed by atoms with van der Waals surface area (Å²) in [5.41, 5.74) is 1.27. The quantitative estimate of drug-likeness (QED) is 0.759. The highest BCUT2D eigenvalue weighted by Gasteiger charge is 2.19. The number of hydrogen-bond acceptors (Lipinski definition) is 6. The molecule has 0 saturated heterocycles. The molecule has 3 rings (SSSR count). The maximum atomic E-state index is 12.4. The van der Waals surface area contributed by atoms with Crippen molar-refractivity contribution in [2.45, 2.75) is 6.92 Å². The van der Waals surface area contributed by atoms with Gasteiger partial charge in [-0.3, -0.25) is 9.59 Å². The van der Waals surface area contributed by atoms with E-state index in [9.17, 15) is 9.59 Å². The van der Waals surface area contributed by atoms with Crippen LogP contribution in [0.3, 0.4) is 0 Å². The van der Waals surface area contributed by atoms with Crippen molar-refractivity contribution in [3.8, 4) is 10.6 Å². The second kappa shape index (κ2) is 7.27. The standard InChI is InChI=1S/C17H16N4O3S/c1-11-8-14(20-24-11)19-15(22)9-21(2)17(23)13-10-25-16(18-13)12-6-4-3-5-7-12/h3-8,10H,9H2,1-2H3,(H,19,20,22). The smallest absolute Gasteiger partial charge is 0.273 e. The first-order chi connectivity index (χ1) is 12.0. The summed E-state index contributed by atoms with van der Waals surface area (Å²) in [6, 6.07) is 11.2. The molecule has 0 spiro atoms. The van der Waals surface area contributed by atoms with Gasteiger partial charge in [0.1, 0.15) is 16.5 Å². The minimum absolute atomic E-state index is 0.108. The van der Waals surface area contributed by atoms with Crippen molar-refractivity contribution in [1.29, 1.82) is 0 Å². The molecule has 0 aliphatic rings. The molecule has 0 aliphatic carbocycles. The van der Waals surface area contributed by atoms with E-state index in [0.717, 1.165) is 10.6 Å². The van der Waals surface area contributed by atoms with E-state index in [1.807, 2.05) is 30.3 Å². The Morgan fingerprint density at radius 1 is 1.28 bits per heavy atom. The van der Waals surface area contributed by atoms with Crippen LogP contribution in [0.5, 0.6) is 0 Å². The largest absolute Gasteiger partial charge is 0.360 e. The van der Waals surface area contributed by atoms with Gasteiger partial charge in [0.15, 0.2) is 5.82 Å². The van der Waals surface area contributed by atoms with Gasteiger partial charge in [0.2, 0.25) is 5.91 Å². The number of aromatic nitrogens is 2. The third-order valence-corrected chi connectivity index (χ3v) is 4.26. The highest BCUT2D eigenvalue weighted by molar-refractivity contribution is 7.13. The summed E-state index contributed by atoms with van der Waals surface area (Å²) < 4.78 is 4.88. The first-order valence-electron chi connectivity index (χ1n) is 7.52. The van der Waals surface area contributed by atoms with Crippen LogP contribution in [-0.4, -0.2) is 40.4 Å². The van der Waals surface area contributed by atoms with Gasteiger partial charge in [-0.05, 0) is 6.92 Å². The lowest BCUT2D eigenvalue weighted by Gasteiger charge is -2.14. The molecular weight excluding hydrogens is 340 g/mol. The summed E-state index contributed by atoms with van der Waals surface area (Å²) >= 11 is 1.39. The number of benzene rings is 1. The molecule has 0 fully saturated rings. The van der Waals surface area contributed by atoms with E-state index in [1.54, 1.807) is 25.4 Å². The van der Waals surface area contributed by atoms with Crippen LogP contribution in [0.25, 0.3) is 10.6 Å². The third-order valence-electron chi connectivity index (χ3n) is 3.37. The van der Waals surface area contributed by atoms with Crippen molar-refractivity contribution in [3.63, 3.8) is 0 Å². The average Bonchev–Trinajstić information content (AvgIpc) is 3.24. The minimum atomic E-state index is -0.359. The fourth-order valence-corrected chi connectivity index (χ4v) is 2.98. The first kappa shape index (κ1) is 16.8. The molecule has 0 radical (unpaired) electrons. The van der Waals surface area contributed by atoms with E-state index in [-0.39, 0.29) is 18.4 Å². The Morgan fingerprint density at radius 2 is 2.04 bits per heavy atom. The van der Waals surface area contributed by atoms with Crippen LogP contribution < -0.4 is 5.32 Å². The SMILES string of the molecule is Cc1cc(NC(=O)CN(C)C(=O)c2csc(-c3ccccc3)n2)no1. The number of carbonyl (C=O) groups is 2. The predicted molar refractivity (Wildman–Crippen MR) is 94.4 cm³/mol. The molecule has 0 saturated carbocycles. The van der Waals surface area contributed by atoms with Crippen molar-refractivity contribution < 1.29 is 14.1 Å². The Bertz CT molecular complexity index is 888. The second-order valence-corrected chi connectivity index (χ2v) is 6.29. The molecule has 0 unspecified atom stereocenters. The minimum Gasteiger partial charge on any atom is -0.360 e. The van der Waals surface area contributed by atoms with Gasteiger partial charge in [-0.15, -0.1) is 11.3 Å². The molecule has 25 heavy (non-hydrogen) atoms. The molecule has 1 aromatic carbocycles. The van der Waals surface area contributed by atoms with Crippen LogP contribution in [-0.2, 0) is 4.79 Å². The van der Waals surface area contributed by atoms with Crippen molar-refractivity contribution >= 4 is 29.0 Å². The molecule has 0 atom stereocenters. The number of nitrogens with one attached hydrogen (secondary N) is 1. The molecule has 2 aromatic heterocycles. The number of carbonyl (C=O) groups excluding carboxylic acids is 2. The van der Waals surface area contributed by atoms with Gasteiger partial charge in [-0.2, -0.15) is 0 Å². The number of nitrogens with zero attached hydrogens (tertiary/aromatic N) is 3. The Morgan fingerprint density at radius 3 is 2.72 bits per heavy atom. The maximum Gasteiger partial charge on any atom is 0.273 e. The molecule has 0 bridgehead atoms. The molecule has 128 valence electrons. The van der Waals surface area contributed by atoms with E-state index in [4.69, 9.17) is 4.52 Å². The number of amides is 2. The van der Waals surface area contributed by atoms with E-state index in [1.165, 1.54) is 16.2 Å². The van der Waals surface area contributed by atoms with Gasteiger partial charge in [0, 0.05) is 24.1 Å². The van der Waals surface area contributed by atoms with Gasteiger partial charge in [0.25, 0.3) is 5.91 Å². The maximum absolute atomic E-state index is 12.4. The van der Waals surface area contributed by atoms with Crippen LogP contribution in [0, 0.1) is 6.92 Å². The molecule has 0 aliphatic heterocycles. The molecule has 8 heteroatoms. The molecule has 7 nitrogen and oxygen atoms in total. The Labute approximate surface area is 148 Å². The van der Waals surface area contributed by atoms with Gasteiger partial charge in [0.05, 0.1) is 6.54 Å².